The van der Waals surface area contributed by atoms with Gasteiger partial charge in [-0.1, -0.05) is 76.2 Å². The fourth-order valence-electron chi connectivity index (χ4n) is 2.74. The Hall–Kier alpha value is -1.24. The van der Waals surface area contributed by atoms with Crippen LogP contribution in [0.1, 0.15) is 83.1 Å². The fraction of sp³-hybridized carbons (Fsp3) is 0.619. The van der Waals surface area contributed by atoms with Crippen molar-refractivity contribution in [1.82, 2.24) is 0 Å². The van der Waals surface area contributed by atoms with Crippen LogP contribution in [0.25, 0.3) is 0 Å². The maximum absolute atomic E-state index is 9.41. The van der Waals surface area contributed by atoms with E-state index in [4.69, 9.17) is 0 Å². The molecule has 0 aliphatic rings. The van der Waals surface area contributed by atoms with Crippen LogP contribution in [-0.4, -0.2) is 5.11 Å². The largest absolute Gasteiger partial charge is 0.508 e. The predicted octanol–water partition coefficient (Wildman–Crippen LogP) is 6.80. The van der Waals surface area contributed by atoms with E-state index in [2.05, 4.69) is 25.1 Å². The summed E-state index contributed by atoms with van der Waals surface area (Å²) in [6, 6.07) is 7.66. The van der Waals surface area contributed by atoms with Gasteiger partial charge in [0.1, 0.15) is 5.75 Å². The molecule has 1 aromatic rings. The van der Waals surface area contributed by atoms with E-state index in [0.717, 1.165) is 6.42 Å². The Morgan fingerprint density at radius 3 is 2.14 bits per heavy atom. The van der Waals surface area contributed by atoms with Gasteiger partial charge in [-0.05, 0) is 49.8 Å². The van der Waals surface area contributed by atoms with Gasteiger partial charge in [0, 0.05) is 0 Å². The Labute approximate surface area is 137 Å². The lowest BCUT2D eigenvalue weighted by Crippen LogP contribution is -1.86. The summed E-state index contributed by atoms with van der Waals surface area (Å²) in [7, 11) is 0. The molecule has 0 atom stereocenters. The van der Waals surface area contributed by atoms with E-state index in [9.17, 15) is 5.11 Å². The third-order valence-electron chi connectivity index (χ3n) is 4.14. The van der Waals surface area contributed by atoms with Gasteiger partial charge in [-0.3, -0.25) is 0 Å². The summed E-state index contributed by atoms with van der Waals surface area (Å²) in [6.45, 7) is 2.25. The number of aryl methyl sites for hydroxylation is 1. The lowest BCUT2D eigenvalue weighted by molar-refractivity contribution is 0.474. The molecule has 0 spiro atoms. The van der Waals surface area contributed by atoms with E-state index in [-0.39, 0.29) is 0 Å². The Bertz CT molecular complexity index is 395. The molecular weight excluding hydrogens is 268 g/mol. The van der Waals surface area contributed by atoms with Crippen LogP contribution in [0.2, 0.25) is 0 Å². The van der Waals surface area contributed by atoms with E-state index in [1.54, 1.807) is 6.07 Å². The van der Waals surface area contributed by atoms with Gasteiger partial charge in [-0.2, -0.15) is 0 Å². The third kappa shape index (κ3) is 10.5. The zero-order chi connectivity index (χ0) is 15.9. The monoisotopic (exact) mass is 302 g/mol. The first-order chi connectivity index (χ1) is 10.8. The lowest BCUT2D eigenvalue weighted by Gasteiger charge is -2.03. The number of unbranched alkanes of at least 4 members (excludes halogenated alkanes) is 9. The summed E-state index contributed by atoms with van der Waals surface area (Å²) in [6.07, 6.45) is 20.4. The third-order valence-corrected chi connectivity index (χ3v) is 4.14. The highest BCUT2D eigenvalue weighted by atomic mass is 16.3. The Kier molecular flexibility index (Phi) is 11.5. The van der Waals surface area contributed by atoms with Crippen LogP contribution in [0.3, 0.4) is 0 Å². The molecule has 1 aromatic carbocycles. The van der Waals surface area contributed by atoms with Crippen LogP contribution in [0, 0.1) is 0 Å². The van der Waals surface area contributed by atoms with Crippen molar-refractivity contribution in [2.24, 2.45) is 0 Å². The van der Waals surface area contributed by atoms with Gasteiger partial charge < -0.3 is 5.11 Å². The SMILES string of the molecule is CCCC/C=C\CCCCCCCCCc1cccc(O)c1. The minimum atomic E-state index is 0.390. The van der Waals surface area contributed by atoms with Crippen molar-refractivity contribution in [3.63, 3.8) is 0 Å². The first-order valence-corrected chi connectivity index (χ1v) is 9.26. The summed E-state index contributed by atoms with van der Waals surface area (Å²) >= 11 is 0. The van der Waals surface area contributed by atoms with Gasteiger partial charge in [0.05, 0.1) is 0 Å². The number of phenols is 1. The molecule has 0 saturated carbocycles. The van der Waals surface area contributed by atoms with Crippen LogP contribution in [0.4, 0.5) is 0 Å². The molecule has 0 aliphatic carbocycles. The number of rotatable bonds is 13. The lowest BCUT2D eigenvalue weighted by atomic mass is 10.0. The number of hydrogen-bond donors (Lipinski definition) is 1. The second kappa shape index (κ2) is 13.4. The average molecular weight is 303 g/mol. The van der Waals surface area contributed by atoms with Gasteiger partial charge in [0.2, 0.25) is 0 Å². The zero-order valence-corrected chi connectivity index (χ0v) is 14.4. The van der Waals surface area contributed by atoms with Crippen molar-refractivity contribution < 1.29 is 5.11 Å². The van der Waals surface area contributed by atoms with Crippen LogP contribution in [0.5, 0.6) is 5.75 Å². The minimum Gasteiger partial charge on any atom is -0.508 e. The van der Waals surface area contributed by atoms with Crippen molar-refractivity contribution in [2.75, 3.05) is 0 Å². The quantitative estimate of drug-likeness (QED) is 0.314. The van der Waals surface area contributed by atoms with Crippen molar-refractivity contribution >= 4 is 0 Å². The molecule has 1 heteroatoms. The molecule has 0 fully saturated rings. The summed E-state index contributed by atoms with van der Waals surface area (Å²) in [5.41, 5.74) is 1.26. The summed E-state index contributed by atoms with van der Waals surface area (Å²) < 4.78 is 0. The molecule has 0 unspecified atom stereocenters. The molecule has 0 radical (unpaired) electrons. The molecule has 0 saturated heterocycles. The van der Waals surface area contributed by atoms with Crippen molar-refractivity contribution in [1.29, 1.82) is 0 Å². The second-order valence-electron chi connectivity index (χ2n) is 6.30. The van der Waals surface area contributed by atoms with E-state index in [1.807, 2.05) is 12.1 Å². The molecule has 124 valence electrons. The molecule has 1 rings (SSSR count). The van der Waals surface area contributed by atoms with Crippen LogP contribution in [-0.2, 0) is 6.42 Å². The summed E-state index contributed by atoms with van der Waals surface area (Å²) in [5, 5.41) is 9.41. The fourth-order valence-corrected chi connectivity index (χ4v) is 2.74. The van der Waals surface area contributed by atoms with Gasteiger partial charge in [0.25, 0.3) is 0 Å². The smallest absolute Gasteiger partial charge is 0.115 e. The number of allylic oxidation sites excluding steroid dienone is 2. The zero-order valence-electron chi connectivity index (χ0n) is 14.4. The van der Waals surface area contributed by atoms with Crippen molar-refractivity contribution in [3.05, 3.63) is 42.0 Å². The van der Waals surface area contributed by atoms with Crippen LogP contribution >= 0.6 is 0 Å². The summed E-state index contributed by atoms with van der Waals surface area (Å²) in [4.78, 5) is 0. The molecule has 22 heavy (non-hydrogen) atoms. The molecule has 0 aromatic heterocycles. The summed E-state index contributed by atoms with van der Waals surface area (Å²) in [5.74, 6) is 0.390. The molecule has 1 N–H and O–H groups in total. The number of benzene rings is 1. The van der Waals surface area contributed by atoms with Crippen molar-refractivity contribution in [3.8, 4) is 5.75 Å². The highest BCUT2D eigenvalue weighted by Crippen LogP contribution is 2.15. The molecule has 0 bridgehead atoms. The van der Waals surface area contributed by atoms with Gasteiger partial charge in [-0.25, -0.2) is 0 Å². The van der Waals surface area contributed by atoms with Crippen LogP contribution in [0.15, 0.2) is 36.4 Å². The van der Waals surface area contributed by atoms with Gasteiger partial charge >= 0.3 is 0 Å². The Morgan fingerprint density at radius 2 is 1.45 bits per heavy atom. The first-order valence-electron chi connectivity index (χ1n) is 9.26. The molecule has 0 aliphatic heterocycles. The normalized spacial score (nSPS) is 11.3. The standard InChI is InChI=1S/C21H34O/c1-2-3-4-5-6-7-8-9-10-11-12-13-14-16-20-17-15-18-21(22)19-20/h5-6,15,17-19,22H,2-4,7-14,16H2,1H3/b6-5-. The maximum atomic E-state index is 9.41. The van der Waals surface area contributed by atoms with E-state index in [0.29, 0.717) is 5.75 Å². The topological polar surface area (TPSA) is 20.2 Å². The highest BCUT2D eigenvalue weighted by Gasteiger charge is 1.96. The molecule has 0 amide bonds. The number of aromatic hydroxyl groups is 1. The van der Waals surface area contributed by atoms with Gasteiger partial charge in [0.15, 0.2) is 0 Å². The number of phenolic OH excluding ortho intramolecular Hbond substituents is 1. The van der Waals surface area contributed by atoms with E-state index >= 15 is 0 Å². The Balaban J connectivity index is 1.85. The maximum Gasteiger partial charge on any atom is 0.115 e. The molecular formula is C21H34O. The highest BCUT2D eigenvalue weighted by molar-refractivity contribution is 5.27. The number of hydrogen-bond acceptors (Lipinski definition) is 1. The molecule has 1 nitrogen and oxygen atoms in total. The van der Waals surface area contributed by atoms with Crippen LogP contribution < -0.4 is 0 Å². The van der Waals surface area contributed by atoms with Gasteiger partial charge in [-0.15, -0.1) is 0 Å². The Morgan fingerprint density at radius 1 is 0.818 bits per heavy atom. The van der Waals surface area contributed by atoms with Crippen molar-refractivity contribution in [2.45, 2.75) is 84.0 Å². The molecule has 0 heterocycles. The second-order valence-corrected chi connectivity index (χ2v) is 6.30. The average Bonchev–Trinajstić information content (AvgIpc) is 2.52. The first kappa shape index (κ1) is 18.8. The minimum absolute atomic E-state index is 0.390. The van der Waals surface area contributed by atoms with E-state index < -0.39 is 0 Å². The predicted molar refractivity (Wildman–Crippen MR) is 97.4 cm³/mol. The van der Waals surface area contributed by atoms with E-state index in [1.165, 1.54) is 76.2 Å².